The van der Waals surface area contributed by atoms with Crippen molar-refractivity contribution in [2.24, 2.45) is 5.73 Å². The topological polar surface area (TPSA) is 80.9 Å². The molecule has 0 fully saturated rings. The first-order chi connectivity index (χ1) is 9.51. The van der Waals surface area contributed by atoms with Crippen LogP contribution < -0.4 is 11.1 Å². The van der Waals surface area contributed by atoms with Gasteiger partial charge in [-0.15, -0.1) is 0 Å². The lowest BCUT2D eigenvalue weighted by Gasteiger charge is -2.26. The third kappa shape index (κ3) is 5.38. The van der Waals surface area contributed by atoms with Crippen LogP contribution in [-0.2, 0) is 11.2 Å². The molecule has 0 saturated carbocycles. The molecule has 1 unspecified atom stereocenters. The van der Waals surface area contributed by atoms with Crippen LogP contribution in [0.2, 0.25) is 0 Å². The van der Waals surface area contributed by atoms with Gasteiger partial charge in [-0.1, -0.05) is 32.0 Å². The second-order valence-electron chi connectivity index (χ2n) is 4.86. The number of likely N-dealkylation sites (N-methyl/N-ethyl adjacent to an activating group) is 1. The van der Waals surface area contributed by atoms with E-state index in [0.29, 0.717) is 0 Å². The molecule has 1 aromatic heterocycles. The van der Waals surface area contributed by atoms with Crippen molar-refractivity contribution in [3.05, 3.63) is 5.82 Å². The molecule has 0 spiro atoms. The number of primary amides is 1. The van der Waals surface area contributed by atoms with Crippen LogP contribution in [0.1, 0.15) is 45.9 Å². The third-order valence-corrected chi connectivity index (χ3v) is 5.13. The lowest BCUT2D eigenvalue weighted by Crippen LogP contribution is -2.52. The molecule has 3 N–H and O–H groups in total. The van der Waals surface area contributed by atoms with Gasteiger partial charge in [0.25, 0.3) is 0 Å². The number of aryl methyl sites for hydroxylation is 1. The Kier molecular flexibility index (Phi) is 7.47. The minimum absolute atomic E-state index is 0.274. The van der Waals surface area contributed by atoms with Gasteiger partial charge in [-0.25, -0.2) is 4.98 Å². The molecule has 0 bridgehead atoms. The van der Waals surface area contributed by atoms with Crippen LogP contribution in [0.4, 0.5) is 0 Å². The first kappa shape index (κ1) is 17.4. The van der Waals surface area contributed by atoms with E-state index in [2.05, 4.69) is 21.6 Å². The first-order valence-electron chi connectivity index (χ1n) is 7.02. The van der Waals surface area contributed by atoms with Gasteiger partial charge < -0.3 is 11.1 Å². The number of nitrogens with zero attached hydrogens (tertiary/aromatic N) is 2. The van der Waals surface area contributed by atoms with Crippen molar-refractivity contribution in [2.45, 2.75) is 56.3 Å². The molecule has 114 valence electrons. The van der Waals surface area contributed by atoms with Crippen LogP contribution in [0, 0.1) is 0 Å². The predicted molar refractivity (Wildman–Crippen MR) is 85.1 cm³/mol. The minimum atomic E-state index is -0.586. The fraction of sp³-hybridized carbons (Fsp3) is 0.769. The number of unbranched alkanes of at least 4 members (excludes halogenated alkanes) is 1. The van der Waals surface area contributed by atoms with Gasteiger partial charge in [0.15, 0.2) is 4.34 Å². The fourth-order valence-corrected chi connectivity index (χ4v) is 3.63. The van der Waals surface area contributed by atoms with Crippen LogP contribution in [0.15, 0.2) is 4.34 Å². The maximum Gasteiger partial charge on any atom is 0.237 e. The van der Waals surface area contributed by atoms with E-state index in [-0.39, 0.29) is 5.91 Å². The second-order valence-corrected chi connectivity index (χ2v) is 6.96. The molecule has 1 atom stereocenters. The van der Waals surface area contributed by atoms with Gasteiger partial charge in [-0.05, 0) is 37.8 Å². The Bertz CT molecular complexity index is 424. The van der Waals surface area contributed by atoms with E-state index in [1.807, 2.05) is 13.8 Å². The monoisotopic (exact) mass is 316 g/mol. The Morgan fingerprint density at radius 2 is 2.20 bits per heavy atom. The summed E-state index contributed by atoms with van der Waals surface area (Å²) < 4.78 is 5.29. The largest absolute Gasteiger partial charge is 0.368 e. The zero-order chi connectivity index (χ0) is 15.0. The van der Waals surface area contributed by atoms with Crippen molar-refractivity contribution in [2.75, 3.05) is 12.3 Å². The average Bonchev–Trinajstić information content (AvgIpc) is 2.86. The van der Waals surface area contributed by atoms with Crippen LogP contribution in [0.3, 0.4) is 0 Å². The SMILES string of the molecule is CCNC(C)(CCCCSc1nc(CC)ns1)C(N)=O. The first-order valence-corrected chi connectivity index (χ1v) is 8.78. The van der Waals surface area contributed by atoms with Crippen molar-refractivity contribution in [3.8, 4) is 0 Å². The molecule has 0 aliphatic rings. The number of thioether (sulfide) groups is 1. The molecular weight excluding hydrogens is 292 g/mol. The quantitative estimate of drug-likeness (QED) is 0.511. The molecule has 1 heterocycles. The number of hydrogen-bond acceptors (Lipinski definition) is 6. The summed E-state index contributed by atoms with van der Waals surface area (Å²) in [6.45, 7) is 6.67. The van der Waals surface area contributed by atoms with Gasteiger partial charge in [-0.2, -0.15) is 4.37 Å². The van der Waals surface area contributed by atoms with Gasteiger partial charge in [0, 0.05) is 12.2 Å². The summed E-state index contributed by atoms with van der Waals surface area (Å²) in [6.07, 6.45) is 3.67. The van der Waals surface area contributed by atoms with E-state index in [9.17, 15) is 4.79 Å². The lowest BCUT2D eigenvalue weighted by atomic mass is 9.94. The molecule has 0 aromatic carbocycles. The molecule has 0 radical (unpaired) electrons. The molecule has 0 aliphatic carbocycles. The number of nitrogens with one attached hydrogen (secondary N) is 1. The number of amides is 1. The van der Waals surface area contributed by atoms with E-state index < -0.39 is 5.54 Å². The molecule has 7 heteroatoms. The molecule has 0 saturated heterocycles. The highest BCUT2D eigenvalue weighted by Crippen LogP contribution is 2.22. The number of hydrogen-bond donors (Lipinski definition) is 2. The average molecular weight is 316 g/mol. The van der Waals surface area contributed by atoms with Gasteiger partial charge in [0.05, 0.1) is 5.54 Å². The molecule has 1 aromatic rings. The molecule has 0 aliphatic heterocycles. The van der Waals surface area contributed by atoms with Crippen molar-refractivity contribution in [1.29, 1.82) is 0 Å². The number of aromatic nitrogens is 2. The summed E-state index contributed by atoms with van der Waals surface area (Å²) in [7, 11) is 0. The van der Waals surface area contributed by atoms with Gasteiger partial charge in [0.1, 0.15) is 5.82 Å². The summed E-state index contributed by atoms with van der Waals surface area (Å²) in [5.41, 5.74) is 4.87. The maximum atomic E-state index is 11.5. The zero-order valence-corrected chi connectivity index (χ0v) is 14.1. The highest BCUT2D eigenvalue weighted by Gasteiger charge is 2.28. The molecule has 5 nitrogen and oxygen atoms in total. The maximum absolute atomic E-state index is 11.5. The number of carbonyl (C=O) groups excluding carboxylic acids is 1. The Hall–Kier alpha value is -0.660. The smallest absolute Gasteiger partial charge is 0.237 e. The predicted octanol–water partition coefficient (Wildman–Crippen LogP) is 2.22. The van der Waals surface area contributed by atoms with Crippen molar-refractivity contribution >= 4 is 29.2 Å². The summed E-state index contributed by atoms with van der Waals surface area (Å²) in [4.78, 5) is 15.9. The standard InChI is InChI=1S/C13H24N4OS2/c1-4-10-16-12(20-17-10)19-9-7-6-8-13(3,11(14)18)15-5-2/h15H,4-9H2,1-3H3,(H2,14,18). The van der Waals surface area contributed by atoms with Crippen LogP contribution in [0.25, 0.3) is 0 Å². The van der Waals surface area contributed by atoms with E-state index >= 15 is 0 Å². The highest BCUT2D eigenvalue weighted by atomic mass is 32.2. The van der Waals surface area contributed by atoms with Gasteiger partial charge in [0.2, 0.25) is 5.91 Å². The van der Waals surface area contributed by atoms with Crippen molar-refractivity contribution in [3.63, 3.8) is 0 Å². The summed E-state index contributed by atoms with van der Waals surface area (Å²) in [6, 6.07) is 0. The molecule has 1 rings (SSSR count). The Morgan fingerprint density at radius 3 is 2.75 bits per heavy atom. The normalized spacial score (nSPS) is 14.2. The van der Waals surface area contributed by atoms with E-state index in [4.69, 9.17) is 5.73 Å². The van der Waals surface area contributed by atoms with Crippen LogP contribution in [-0.4, -0.2) is 33.1 Å². The highest BCUT2D eigenvalue weighted by molar-refractivity contribution is 8.00. The fourth-order valence-electron chi connectivity index (χ4n) is 1.87. The summed E-state index contributed by atoms with van der Waals surface area (Å²) >= 11 is 3.20. The Labute approximate surface area is 129 Å². The number of rotatable bonds is 10. The van der Waals surface area contributed by atoms with Crippen molar-refractivity contribution < 1.29 is 4.79 Å². The molecular formula is C13H24N4OS2. The van der Waals surface area contributed by atoms with E-state index in [1.54, 1.807) is 11.8 Å². The third-order valence-electron chi connectivity index (χ3n) is 3.17. The van der Waals surface area contributed by atoms with E-state index in [1.165, 1.54) is 11.5 Å². The van der Waals surface area contributed by atoms with E-state index in [0.717, 1.165) is 48.1 Å². The summed E-state index contributed by atoms with van der Waals surface area (Å²) in [5, 5.41) is 3.18. The molecule has 20 heavy (non-hydrogen) atoms. The van der Waals surface area contributed by atoms with Gasteiger partial charge >= 0.3 is 0 Å². The van der Waals surface area contributed by atoms with Crippen LogP contribution in [0.5, 0.6) is 0 Å². The minimum Gasteiger partial charge on any atom is -0.368 e. The van der Waals surface area contributed by atoms with Crippen LogP contribution >= 0.6 is 23.3 Å². The van der Waals surface area contributed by atoms with Gasteiger partial charge in [-0.3, -0.25) is 4.79 Å². The number of nitrogens with two attached hydrogens (primary N) is 1. The zero-order valence-electron chi connectivity index (χ0n) is 12.4. The summed E-state index contributed by atoms with van der Waals surface area (Å²) in [5.74, 6) is 1.65. The molecule has 1 amide bonds. The van der Waals surface area contributed by atoms with Crippen molar-refractivity contribution in [1.82, 2.24) is 14.7 Å². The number of carbonyl (C=O) groups is 1. The Balaban J connectivity index is 2.25. The Morgan fingerprint density at radius 1 is 1.45 bits per heavy atom. The lowest BCUT2D eigenvalue weighted by molar-refractivity contribution is -0.124. The second kappa shape index (κ2) is 8.59.